The lowest BCUT2D eigenvalue weighted by Gasteiger charge is -2.30. The van der Waals surface area contributed by atoms with E-state index in [2.05, 4.69) is 13.0 Å². The molecule has 0 aromatic carbocycles. The molecule has 0 radical (unpaired) electrons. The SMILES string of the molecule is CC1CCC(C2=CC(O)CCC2)CC1. The average Bonchev–Trinajstić information content (AvgIpc) is 2.19. The molecule has 0 aromatic heterocycles. The summed E-state index contributed by atoms with van der Waals surface area (Å²) in [7, 11) is 0. The molecule has 1 nitrogen and oxygen atoms in total. The van der Waals surface area contributed by atoms with Gasteiger partial charge in [0, 0.05) is 0 Å². The third kappa shape index (κ3) is 2.38. The molecule has 1 heteroatoms. The fourth-order valence-electron chi connectivity index (χ4n) is 2.90. The second-order valence-corrected chi connectivity index (χ2v) is 5.16. The molecule has 0 aromatic rings. The van der Waals surface area contributed by atoms with Crippen molar-refractivity contribution in [2.24, 2.45) is 11.8 Å². The van der Waals surface area contributed by atoms with Gasteiger partial charge in [0.05, 0.1) is 6.10 Å². The predicted octanol–water partition coefficient (Wildman–Crippen LogP) is 3.28. The van der Waals surface area contributed by atoms with Crippen molar-refractivity contribution in [3.63, 3.8) is 0 Å². The standard InChI is InChI=1S/C13H22O/c1-10-5-7-11(8-6-10)12-3-2-4-13(14)9-12/h9-11,13-14H,2-8H2,1H3. The van der Waals surface area contributed by atoms with Gasteiger partial charge in [-0.25, -0.2) is 0 Å². The monoisotopic (exact) mass is 194 g/mol. The number of allylic oxidation sites excluding steroid dienone is 1. The number of rotatable bonds is 1. The van der Waals surface area contributed by atoms with Gasteiger partial charge in [0.25, 0.3) is 0 Å². The van der Waals surface area contributed by atoms with E-state index in [9.17, 15) is 5.11 Å². The molecule has 0 heterocycles. The molecule has 0 aliphatic heterocycles. The first kappa shape index (κ1) is 10.2. The summed E-state index contributed by atoms with van der Waals surface area (Å²) < 4.78 is 0. The molecule has 1 unspecified atom stereocenters. The molecular formula is C13H22O. The minimum absolute atomic E-state index is 0.141. The Balaban J connectivity index is 1.94. The van der Waals surface area contributed by atoms with Crippen molar-refractivity contribution < 1.29 is 5.11 Å². The highest BCUT2D eigenvalue weighted by molar-refractivity contribution is 5.13. The van der Waals surface area contributed by atoms with Gasteiger partial charge in [0.15, 0.2) is 0 Å². The van der Waals surface area contributed by atoms with Gasteiger partial charge in [0.2, 0.25) is 0 Å². The quantitative estimate of drug-likeness (QED) is 0.635. The molecule has 1 atom stereocenters. The molecule has 1 fully saturated rings. The Bertz CT molecular complexity index is 211. The zero-order valence-electron chi connectivity index (χ0n) is 9.21. The van der Waals surface area contributed by atoms with Gasteiger partial charge in [-0.2, -0.15) is 0 Å². The van der Waals surface area contributed by atoms with Crippen LogP contribution in [0.15, 0.2) is 11.6 Å². The minimum Gasteiger partial charge on any atom is -0.389 e. The van der Waals surface area contributed by atoms with Crippen molar-refractivity contribution in [1.82, 2.24) is 0 Å². The molecule has 2 aliphatic rings. The maximum absolute atomic E-state index is 9.59. The summed E-state index contributed by atoms with van der Waals surface area (Å²) in [5, 5.41) is 9.59. The molecule has 0 saturated heterocycles. The second kappa shape index (κ2) is 4.48. The van der Waals surface area contributed by atoms with Crippen LogP contribution in [-0.2, 0) is 0 Å². The first-order valence-corrected chi connectivity index (χ1v) is 6.14. The summed E-state index contributed by atoms with van der Waals surface area (Å²) in [6.07, 6.45) is 10.9. The van der Waals surface area contributed by atoms with E-state index in [-0.39, 0.29) is 6.10 Å². The highest BCUT2D eigenvalue weighted by Gasteiger charge is 2.23. The van der Waals surface area contributed by atoms with Crippen LogP contribution in [0, 0.1) is 11.8 Å². The molecule has 14 heavy (non-hydrogen) atoms. The number of aliphatic hydroxyl groups excluding tert-OH is 1. The molecule has 2 aliphatic carbocycles. The molecule has 80 valence electrons. The van der Waals surface area contributed by atoms with E-state index in [0.29, 0.717) is 0 Å². The first-order valence-electron chi connectivity index (χ1n) is 6.14. The van der Waals surface area contributed by atoms with Crippen LogP contribution in [0.1, 0.15) is 51.9 Å². The van der Waals surface area contributed by atoms with Gasteiger partial charge in [-0.15, -0.1) is 0 Å². The summed E-state index contributed by atoms with van der Waals surface area (Å²) in [5.41, 5.74) is 1.57. The smallest absolute Gasteiger partial charge is 0.0723 e. The Morgan fingerprint density at radius 3 is 2.50 bits per heavy atom. The van der Waals surface area contributed by atoms with E-state index in [1.165, 1.54) is 38.5 Å². The number of aliphatic hydroxyl groups is 1. The fraction of sp³-hybridized carbons (Fsp3) is 0.846. The maximum Gasteiger partial charge on any atom is 0.0723 e. The van der Waals surface area contributed by atoms with Crippen LogP contribution in [0.2, 0.25) is 0 Å². The topological polar surface area (TPSA) is 20.2 Å². The third-order valence-corrected chi connectivity index (χ3v) is 3.91. The van der Waals surface area contributed by atoms with Crippen molar-refractivity contribution in [3.8, 4) is 0 Å². The Morgan fingerprint density at radius 1 is 1.14 bits per heavy atom. The Labute approximate surface area is 87.2 Å². The zero-order chi connectivity index (χ0) is 9.97. The van der Waals surface area contributed by atoms with Gasteiger partial charge >= 0.3 is 0 Å². The zero-order valence-corrected chi connectivity index (χ0v) is 9.21. The molecule has 2 rings (SSSR count). The summed E-state index contributed by atoms with van der Waals surface area (Å²) in [4.78, 5) is 0. The van der Waals surface area contributed by atoms with Gasteiger partial charge in [-0.3, -0.25) is 0 Å². The van der Waals surface area contributed by atoms with Crippen LogP contribution in [0.4, 0.5) is 0 Å². The Kier molecular flexibility index (Phi) is 3.27. The average molecular weight is 194 g/mol. The van der Waals surface area contributed by atoms with Crippen molar-refractivity contribution in [3.05, 3.63) is 11.6 Å². The molecular weight excluding hydrogens is 172 g/mol. The van der Waals surface area contributed by atoms with E-state index in [0.717, 1.165) is 18.3 Å². The van der Waals surface area contributed by atoms with Gasteiger partial charge in [-0.1, -0.05) is 31.4 Å². The van der Waals surface area contributed by atoms with E-state index in [4.69, 9.17) is 0 Å². The fourth-order valence-corrected chi connectivity index (χ4v) is 2.90. The molecule has 1 saturated carbocycles. The second-order valence-electron chi connectivity index (χ2n) is 5.16. The van der Waals surface area contributed by atoms with Crippen LogP contribution in [0.25, 0.3) is 0 Å². The molecule has 0 amide bonds. The van der Waals surface area contributed by atoms with Crippen LogP contribution in [-0.4, -0.2) is 11.2 Å². The Hall–Kier alpha value is -0.300. The molecule has 1 N–H and O–H groups in total. The highest BCUT2D eigenvalue weighted by Crippen LogP contribution is 2.36. The summed E-state index contributed by atoms with van der Waals surface area (Å²) in [5.74, 6) is 1.74. The Morgan fingerprint density at radius 2 is 1.86 bits per heavy atom. The molecule has 0 bridgehead atoms. The van der Waals surface area contributed by atoms with Crippen LogP contribution in [0.5, 0.6) is 0 Å². The first-order chi connectivity index (χ1) is 6.75. The van der Waals surface area contributed by atoms with E-state index < -0.39 is 0 Å². The van der Waals surface area contributed by atoms with Crippen molar-refractivity contribution in [2.75, 3.05) is 0 Å². The third-order valence-electron chi connectivity index (χ3n) is 3.91. The summed E-state index contributed by atoms with van der Waals surface area (Å²) in [6.45, 7) is 2.36. The van der Waals surface area contributed by atoms with Gasteiger partial charge < -0.3 is 5.11 Å². The largest absolute Gasteiger partial charge is 0.389 e. The van der Waals surface area contributed by atoms with E-state index >= 15 is 0 Å². The van der Waals surface area contributed by atoms with Gasteiger partial charge in [0.1, 0.15) is 0 Å². The number of hydrogen-bond donors (Lipinski definition) is 1. The normalized spacial score (nSPS) is 39.3. The van der Waals surface area contributed by atoms with Crippen molar-refractivity contribution in [1.29, 1.82) is 0 Å². The van der Waals surface area contributed by atoms with Gasteiger partial charge in [-0.05, 0) is 43.9 Å². The molecule has 0 spiro atoms. The summed E-state index contributed by atoms with van der Waals surface area (Å²) >= 11 is 0. The lowest BCUT2D eigenvalue weighted by Crippen LogP contribution is -2.18. The van der Waals surface area contributed by atoms with E-state index in [1.807, 2.05) is 0 Å². The lowest BCUT2D eigenvalue weighted by atomic mass is 9.76. The minimum atomic E-state index is -0.141. The predicted molar refractivity (Wildman–Crippen MR) is 59.1 cm³/mol. The summed E-state index contributed by atoms with van der Waals surface area (Å²) in [6, 6.07) is 0. The van der Waals surface area contributed by atoms with Crippen LogP contribution in [0.3, 0.4) is 0 Å². The van der Waals surface area contributed by atoms with Crippen LogP contribution >= 0.6 is 0 Å². The highest BCUT2D eigenvalue weighted by atomic mass is 16.3. The number of hydrogen-bond acceptors (Lipinski definition) is 1. The van der Waals surface area contributed by atoms with Crippen molar-refractivity contribution in [2.45, 2.75) is 58.0 Å². The lowest BCUT2D eigenvalue weighted by molar-refractivity contribution is 0.196. The van der Waals surface area contributed by atoms with E-state index in [1.54, 1.807) is 5.57 Å². The van der Waals surface area contributed by atoms with Crippen molar-refractivity contribution >= 4 is 0 Å². The maximum atomic E-state index is 9.59. The van der Waals surface area contributed by atoms with Crippen LogP contribution < -0.4 is 0 Å².